The number of para-hydroxylation sites is 1. The first-order valence-corrected chi connectivity index (χ1v) is 7.66. The van der Waals surface area contributed by atoms with Gasteiger partial charge in [-0.1, -0.05) is 18.2 Å². The van der Waals surface area contributed by atoms with E-state index in [1.54, 1.807) is 0 Å². The summed E-state index contributed by atoms with van der Waals surface area (Å²) in [5, 5.41) is 1.11. The molecule has 2 aromatic rings. The molecule has 2 heterocycles. The third-order valence-electron chi connectivity index (χ3n) is 4.34. The van der Waals surface area contributed by atoms with Gasteiger partial charge in [0.05, 0.1) is 18.8 Å². The second kappa shape index (κ2) is 5.79. The number of hydrogen-bond donors (Lipinski definition) is 1. The van der Waals surface area contributed by atoms with Gasteiger partial charge < -0.3 is 14.9 Å². The van der Waals surface area contributed by atoms with Crippen LogP contribution in [0, 0.1) is 6.92 Å². The Balaban J connectivity index is 1.83. The second-order valence-electron chi connectivity index (χ2n) is 6.17. The molecule has 0 radical (unpaired) electrons. The average molecular weight is 288 g/mol. The number of nitrogens with zero attached hydrogens (tertiary/aromatic N) is 1. The van der Waals surface area contributed by atoms with Crippen molar-refractivity contribution in [3.63, 3.8) is 0 Å². The van der Waals surface area contributed by atoms with E-state index in [0.717, 1.165) is 42.0 Å². The first kappa shape index (κ1) is 14.6. The number of aryl methyl sites for hydroxylation is 1. The summed E-state index contributed by atoms with van der Waals surface area (Å²) >= 11 is 0. The van der Waals surface area contributed by atoms with Crippen LogP contribution in [0.4, 0.5) is 0 Å². The van der Waals surface area contributed by atoms with Crippen LogP contribution in [0.1, 0.15) is 31.2 Å². The third kappa shape index (κ3) is 2.84. The lowest BCUT2D eigenvalue weighted by atomic mass is 10.1. The summed E-state index contributed by atoms with van der Waals surface area (Å²) in [7, 11) is 0. The Hall–Kier alpha value is -1.36. The van der Waals surface area contributed by atoms with E-state index in [1.165, 1.54) is 0 Å². The average Bonchev–Trinajstić information content (AvgIpc) is 2.92. The van der Waals surface area contributed by atoms with Gasteiger partial charge in [-0.3, -0.25) is 4.90 Å². The van der Waals surface area contributed by atoms with Gasteiger partial charge in [0, 0.05) is 24.5 Å². The van der Waals surface area contributed by atoms with Crippen LogP contribution in [0.25, 0.3) is 11.0 Å². The van der Waals surface area contributed by atoms with Crippen molar-refractivity contribution in [2.45, 2.75) is 39.0 Å². The number of morpholine rings is 1. The van der Waals surface area contributed by atoms with Gasteiger partial charge in [0.2, 0.25) is 0 Å². The molecular weight excluding hydrogens is 264 g/mol. The molecule has 1 aromatic heterocycles. The lowest BCUT2D eigenvalue weighted by molar-refractivity contribution is -0.0527. The molecule has 2 atom stereocenters. The van der Waals surface area contributed by atoms with Crippen LogP contribution in [-0.4, -0.2) is 36.7 Å². The van der Waals surface area contributed by atoms with Gasteiger partial charge in [-0.2, -0.15) is 0 Å². The first-order valence-electron chi connectivity index (χ1n) is 7.66. The normalized spacial score (nSPS) is 22.0. The van der Waals surface area contributed by atoms with Crippen LogP contribution in [0.15, 0.2) is 28.7 Å². The first-order chi connectivity index (χ1) is 10.1. The zero-order valence-electron chi connectivity index (χ0n) is 13.0. The summed E-state index contributed by atoms with van der Waals surface area (Å²) in [5.74, 6) is 0.815. The Morgan fingerprint density at radius 3 is 2.86 bits per heavy atom. The van der Waals surface area contributed by atoms with E-state index in [4.69, 9.17) is 14.9 Å². The van der Waals surface area contributed by atoms with Gasteiger partial charge in [-0.25, -0.2) is 0 Å². The summed E-state index contributed by atoms with van der Waals surface area (Å²) < 4.78 is 11.9. The van der Waals surface area contributed by atoms with Crippen molar-refractivity contribution in [1.29, 1.82) is 0 Å². The minimum Gasteiger partial charge on any atom is -0.459 e. The number of hydrogen-bond acceptors (Lipinski definition) is 4. The fraction of sp³-hybridized carbons (Fsp3) is 0.529. The van der Waals surface area contributed by atoms with E-state index in [2.05, 4.69) is 37.8 Å². The maximum Gasteiger partial charge on any atom is 0.137 e. The van der Waals surface area contributed by atoms with E-state index in [-0.39, 0.29) is 12.1 Å². The minimum atomic E-state index is -0.224. The predicted octanol–water partition coefficient (Wildman–Crippen LogP) is 2.85. The third-order valence-corrected chi connectivity index (χ3v) is 4.34. The smallest absolute Gasteiger partial charge is 0.137 e. The molecule has 3 rings (SSSR count). The number of rotatable bonds is 3. The topological polar surface area (TPSA) is 51.6 Å². The zero-order valence-corrected chi connectivity index (χ0v) is 13.0. The quantitative estimate of drug-likeness (QED) is 0.943. The number of furan rings is 1. The predicted molar refractivity (Wildman–Crippen MR) is 84.3 cm³/mol. The Morgan fingerprint density at radius 1 is 1.33 bits per heavy atom. The highest BCUT2D eigenvalue weighted by Crippen LogP contribution is 2.28. The van der Waals surface area contributed by atoms with E-state index in [1.807, 2.05) is 12.1 Å². The highest BCUT2D eigenvalue weighted by Gasteiger charge is 2.30. The van der Waals surface area contributed by atoms with Crippen LogP contribution in [0.2, 0.25) is 0 Å². The Labute approximate surface area is 125 Å². The minimum absolute atomic E-state index is 0.0120. The molecule has 4 heteroatoms. The van der Waals surface area contributed by atoms with E-state index < -0.39 is 0 Å². The Morgan fingerprint density at radius 2 is 2.14 bits per heavy atom. The zero-order chi connectivity index (χ0) is 15.0. The number of ether oxygens (including phenoxy) is 1. The lowest BCUT2D eigenvalue weighted by Gasteiger charge is -2.37. The van der Waals surface area contributed by atoms with Crippen molar-refractivity contribution in [2.75, 3.05) is 19.7 Å². The van der Waals surface area contributed by atoms with E-state index >= 15 is 0 Å². The molecule has 0 aliphatic carbocycles. The molecule has 1 fully saturated rings. The molecule has 2 unspecified atom stereocenters. The summed E-state index contributed by atoms with van der Waals surface area (Å²) in [6, 6.07) is 8.49. The fourth-order valence-electron chi connectivity index (χ4n) is 2.96. The molecule has 0 bridgehead atoms. The van der Waals surface area contributed by atoms with Crippen LogP contribution in [0.3, 0.4) is 0 Å². The van der Waals surface area contributed by atoms with Crippen molar-refractivity contribution in [3.05, 3.63) is 35.6 Å². The molecule has 1 aliphatic heterocycles. The SMILES string of the molecule is Cc1cccc2cc(C(N)C3CN(C(C)C)CCO3)oc12. The molecule has 1 aliphatic rings. The molecule has 1 saturated heterocycles. The Bertz CT molecular complexity index is 620. The lowest BCUT2D eigenvalue weighted by Crippen LogP contribution is -2.49. The molecule has 0 spiro atoms. The number of fused-ring (bicyclic) bond motifs is 1. The monoisotopic (exact) mass is 288 g/mol. The van der Waals surface area contributed by atoms with Crippen molar-refractivity contribution in [1.82, 2.24) is 4.90 Å². The Kier molecular flexibility index (Phi) is 4.02. The highest BCUT2D eigenvalue weighted by atomic mass is 16.5. The van der Waals surface area contributed by atoms with Gasteiger partial charge in [-0.15, -0.1) is 0 Å². The maximum atomic E-state index is 6.40. The molecule has 0 amide bonds. The van der Waals surface area contributed by atoms with E-state index in [0.29, 0.717) is 6.04 Å². The van der Waals surface area contributed by atoms with Crippen LogP contribution in [0.5, 0.6) is 0 Å². The summed E-state index contributed by atoms with van der Waals surface area (Å²) in [6.07, 6.45) is -0.0120. The standard InChI is InChI=1S/C17H24N2O2/c1-11(2)19-7-8-20-15(10-19)16(18)14-9-13-6-4-5-12(3)17(13)21-14/h4-6,9,11,15-16H,7-8,10,18H2,1-3H3. The van der Waals surface area contributed by atoms with Gasteiger partial charge >= 0.3 is 0 Å². The maximum absolute atomic E-state index is 6.40. The summed E-state index contributed by atoms with van der Waals surface area (Å²) in [6.45, 7) is 9.03. The summed E-state index contributed by atoms with van der Waals surface area (Å²) in [5.41, 5.74) is 8.47. The molecule has 1 aromatic carbocycles. The molecule has 114 valence electrons. The van der Waals surface area contributed by atoms with Gasteiger partial charge in [0.25, 0.3) is 0 Å². The highest BCUT2D eigenvalue weighted by molar-refractivity contribution is 5.81. The number of benzene rings is 1. The van der Waals surface area contributed by atoms with Crippen molar-refractivity contribution < 1.29 is 9.15 Å². The van der Waals surface area contributed by atoms with Gasteiger partial charge in [0.1, 0.15) is 11.3 Å². The fourth-order valence-corrected chi connectivity index (χ4v) is 2.96. The second-order valence-corrected chi connectivity index (χ2v) is 6.17. The molecule has 4 nitrogen and oxygen atoms in total. The molecule has 2 N–H and O–H groups in total. The van der Waals surface area contributed by atoms with Crippen LogP contribution < -0.4 is 5.73 Å². The number of nitrogens with two attached hydrogens (primary N) is 1. The molecule has 0 saturated carbocycles. The van der Waals surface area contributed by atoms with Crippen LogP contribution in [-0.2, 0) is 4.74 Å². The van der Waals surface area contributed by atoms with Crippen LogP contribution >= 0.6 is 0 Å². The van der Waals surface area contributed by atoms with Crippen molar-refractivity contribution in [2.24, 2.45) is 5.73 Å². The van der Waals surface area contributed by atoms with Gasteiger partial charge in [-0.05, 0) is 32.4 Å². The van der Waals surface area contributed by atoms with Crippen molar-refractivity contribution >= 4 is 11.0 Å². The van der Waals surface area contributed by atoms with Crippen molar-refractivity contribution in [3.8, 4) is 0 Å². The van der Waals surface area contributed by atoms with Gasteiger partial charge in [0.15, 0.2) is 0 Å². The van der Waals surface area contributed by atoms with E-state index in [9.17, 15) is 0 Å². The summed E-state index contributed by atoms with van der Waals surface area (Å²) in [4.78, 5) is 2.40. The largest absolute Gasteiger partial charge is 0.459 e. The molecule has 21 heavy (non-hydrogen) atoms. The molecular formula is C17H24N2O2.